The number of fused-ring (bicyclic) bond motifs is 1. The minimum atomic E-state index is 0.400. The number of rotatable bonds is 0. The first-order valence-corrected chi connectivity index (χ1v) is 6.31. The van der Waals surface area contributed by atoms with E-state index in [1.807, 2.05) is 5.57 Å². The van der Waals surface area contributed by atoms with Gasteiger partial charge in [0.2, 0.25) is 0 Å². The van der Waals surface area contributed by atoms with Crippen LogP contribution in [0.25, 0.3) is 0 Å². The standard InChI is InChI=1S/C9H15P/c1-10-7-3-5-8-4-2-6-9(8)10/h5,9H,2-4,6-7H2,1H3. The molecular weight excluding hydrogens is 139 g/mol. The summed E-state index contributed by atoms with van der Waals surface area (Å²) in [5, 5.41) is 0. The maximum Gasteiger partial charge on any atom is -0.000168 e. The Morgan fingerprint density at radius 3 is 3.30 bits per heavy atom. The van der Waals surface area contributed by atoms with E-state index in [-0.39, 0.29) is 0 Å². The topological polar surface area (TPSA) is 0 Å². The van der Waals surface area contributed by atoms with E-state index in [2.05, 4.69) is 12.7 Å². The molecule has 0 aromatic rings. The molecule has 2 aliphatic rings. The zero-order chi connectivity index (χ0) is 6.97. The minimum Gasteiger partial charge on any atom is -0.102 e. The maximum absolute atomic E-state index is 2.51. The van der Waals surface area contributed by atoms with Crippen LogP contribution in [0.2, 0.25) is 0 Å². The molecule has 0 nitrogen and oxygen atoms in total. The van der Waals surface area contributed by atoms with Crippen molar-refractivity contribution in [2.45, 2.75) is 31.3 Å². The van der Waals surface area contributed by atoms with Gasteiger partial charge in [0.1, 0.15) is 0 Å². The van der Waals surface area contributed by atoms with Gasteiger partial charge in [-0.25, -0.2) is 0 Å². The Balaban J connectivity index is 2.18. The molecule has 1 aliphatic carbocycles. The minimum absolute atomic E-state index is 0.400. The Kier molecular flexibility index (Phi) is 1.82. The third-order valence-electron chi connectivity index (χ3n) is 2.79. The summed E-state index contributed by atoms with van der Waals surface area (Å²) in [6.07, 6.45) is 9.81. The fraction of sp³-hybridized carbons (Fsp3) is 0.778. The summed E-state index contributed by atoms with van der Waals surface area (Å²) >= 11 is 0. The first-order valence-electron chi connectivity index (χ1n) is 4.27. The van der Waals surface area contributed by atoms with Crippen molar-refractivity contribution in [1.82, 2.24) is 0 Å². The van der Waals surface area contributed by atoms with Crippen LogP contribution in [0.1, 0.15) is 25.7 Å². The molecule has 0 aromatic carbocycles. The summed E-state index contributed by atoms with van der Waals surface area (Å²) in [6, 6.07) is 0. The molecule has 2 unspecified atom stereocenters. The Morgan fingerprint density at radius 1 is 1.60 bits per heavy atom. The van der Waals surface area contributed by atoms with Crippen molar-refractivity contribution in [2.24, 2.45) is 0 Å². The van der Waals surface area contributed by atoms with Crippen molar-refractivity contribution < 1.29 is 0 Å². The van der Waals surface area contributed by atoms with E-state index >= 15 is 0 Å². The van der Waals surface area contributed by atoms with E-state index in [0.29, 0.717) is 7.92 Å². The summed E-state index contributed by atoms with van der Waals surface area (Å²) in [7, 11) is 0.400. The molecule has 0 spiro atoms. The molecule has 0 N–H and O–H groups in total. The van der Waals surface area contributed by atoms with Crippen LogP contribution >= 0.6 is 7.92 Å². The van der Waals surface area contributed by atoms with Crippen molar-refractivity contribution in [3.05, 3.63) is 11.6 Å². The van der Waals surface area contributed by atoms with Gasteiger partial charge in [-0.2, -0.15) is 0 Å². The van der Waals surface area contributed by atoms with Gasteiger partial charge >= 0.3 is 0 Å². The number of allylic oxidation sites excluding steroid dienone is 2. The highest BCUT2D eigenvalue weighted by Gasteiger charge is 2.27. The molecule has 10 heavy (non-hydrogen) atoms. The van der Waals surface area contributed by atoms with Gasteiger partial charge in [0, 0.05) is 0 Å². The Bertz CT molecular complexity index is 160. The van der Waals surface area contributed by atoms with Gasteiger partial charge in [-0.15, -0.1) is 7.92 Å². The normalized spacial score (nSPS) is 39.1. The predicted octanol–water partition coefficient (Wildman–Crippen LogP) is 2.98. The first kappa shape index (κ1) is 6.85. The lowest BCUT2D eigenvalue weighted by Crippen LogP contribution is -2.08. The highest BCUT2D eigenvalue weighted by atomic mass is 31.1. The second-order valence-electron chi connectivity index (χ2n) is 3.46. The third kappa shape index (κ3) is 1.03. The number of hydrogen-bond donors (Lipinski definition) is 0. The number of hydrogen-bond acceptors (Lipinski definition) is 0. The van der Waals surface area contributed by atoms with Crippen LogP contribution in [-0.2, 0) is 0 Å². The second kappa shape index (κ2) is 2.66. The highest BCUT2D eigenvalue weighted by Crippen LogP contribution is 2.51. The van der Waals surface area contributed by atoms with Gasteiger partial charge in [0.15, 0.2) is 0 Å². The van der Waals surface area contributed by atoms with E-state index in [1.54, 1.807) is 0 Å². The van der Waals surface area contributed by atoms with Crippen molar-refractivity contribution in [1.29, 1.82) is 0 Å². The molecule has 2 atom stereocenters. The quantitative estimate of drug-likeness (QED) is 0.371. The lowest BCUT2D eigenvalue weighted by Gasteiger charge is -2.25. The molecule has 56 valence electrons. The predicted molar refractivity (Wildman–Crippen MR) is 48.1 cm³/mol. The Morgan fingerprint density at radius 2 is 2.50 bits per heavy atom. The van der Waals surface area contributed by atoms with Gasteiger partial charge in [-0.1, -0.05) is 11.6 Å². The van der Waals surface area contributed by atoms with E-state index < -0.39 is 0 Å². The first-order chi connectivity index (χ1) is 4.88. The average molecular weight is 154 g/mol. The van der Waals surface area contributed by atoms with Gasteiger partial charge in [-0.05, 0) is 44.2 Å². The van der Waals surface area contributed by atoms with Crippen molar-refractivity contribution in [2.75, 3.05) is 12.8 Å². The van der Waals surface area contributed by atoms with Crippen molar-refractivity contribution >= 4 is 7.92 Å². The fourth-order valence-corrected chi connectivity index (χ4v) is 4.47. The van der Waals surface area contributed by atoms with E-state index in [4.69, 9.17) is 0 Å². The molecule has 2 rings (SSSR count). The monoisotopic (exact) mass is 154 g/mol. The SMILES string of the molecule is CP1CCC=C2CCCC21. The van der Waals surface area contributed by atoms with Gasteiger partial charge in [-0.3, -0.25) is 0 Å². The zero-order valence-corrected chi connectivity index (χ0v) is 7.53. The lowest BCUT2D eigenvalue weighted by atomic mass is 10.2. The third-order valence-corrected chi connectivity index (χ3v) is 5.41. The van der Waals surface area contributed by atoms with Crippen molar-refractivity contribution in [3.63, 3.8) is 0 Å². The smallest absolute Gasteiger partial charge is 0.000168 e. The Labute approximate surface area is 64.5 Å². The van der Waals surface area contributed by atoms with Crippen LogP contribution in [0, 0.1) is 0 Å². The summed E-state index contributed by atoms with van der Waals surface area (Å²) < 4.78 is 0. The molecule has 0 radical (unpaired) electrons. The molecule has 1 saturated carbocycles. The second-order valence-corrected chi connectivity index (χ2v) is 6.04. The molecule has 1 heterocycles. The van der Waals surface area contributed by atoms with Crippen LogP contribution < -0.4 is 0 Å². The maximum atomic E-state index is 2.51. The van der Waals surface area contributed by atoms with Gasteiger partial charge < -0.3 is 0 Å². The molecular formula is C9H15P. The highest BCUT2D eigenvalue weighted by molar-refractivity contribution is 7.58. The van der Waals surface area contributed by atoms with E-state index in [1.165, 1.54) is 31.8 Å². The van der Waals surface area contributed by atoms with Crippen LogP contribution in [-0.4, -0.2) is 18.5 Å². The van der Waals surface area contributed by atoms with E-state index in [9.17, 15) is 0 Å². The molecule has 0 saturated heterocycles. The van der Waals surface area contributed by atoms with Crippen LogP contribution in [0.3, 0.4) is 0 Å². The molecule has 0 amide bonds. The van der Waals surface area contributed by atoms with Crippen LogP contribution in [0.4, 0.5) is 0 Å². The molecule has 0 aromatic heterocycles. The molecule has 1 fully saturated rings. The summed E-state index contributed by atoms with van der Waals surface area (Å²) in [5.74, 6) is 0. The van der Waals surface area contributed by atoms with E-state index in [0.717, 1.165) is 5.66 Å². The Hall–Kier alpha value is 0.170. The summed E-state index contributed by atoms with van der Waals surface area (Å²) in [4.78, 5) is 0. The largest absolute Gasteiger partial charge is 0.102 e. The summed E-state index contributed by atoms with van der Waals surface area (Å²) in [6.45, 7) is 2.48. The zero-order valence-electron chi connectivity index (χ0n) is 6.64. The van der Waals surface area contributed by atoms with Crippen LogP contribution in [0.15, 0.2) is 11.6 Å². The van der Waals surface area contributed by atoms with Crippen molar-refractivity contribution in [3.8, 4) is 0 Å². The van der Waals surface area contributed by atoms with Crippen LogP contribution in [0.5, 0.6) is 0 Å². The fourth-order valence-electron chi connectivity index (χ4n) is 2.20. The van der Waals surface area contributed by atoms with Gasteiger partial charge in [0.25, 0.3) is 0 Å². The van der Waals surface area contributed by atoms with Gasteiger partial charge in [0.05, 0.1) is 0 Å². The molecule has 1 aliphatic heterocycles. The average Bonchev–Trinajstić information content (AvgIpc) is 2.36. The lowest BCUT2D eigenvalue weighted by molar-refractivity contribution is 0.886. The molecule has 1 heteroatoms. The summed E-state index contributed by atoms with van der Waals surface area (Å²) in [5.41, 5.74) is 2.88. The molecule has 0 bridgehead atoms.